The first kappa shape index (κ1) is 19.1. The molecule has 1 fully saturated rings. The second-order valence-electron chi connectivity index (χ2n) is 6.94. The van der Waals surface area contributed by atoms with E-state index in [1.54, 1.807) is 11.8 Å². The number of hydrogen-bond acceptors (Lipinski definition) is 5. The van der Waals surface area contributed by atoms with Gasteiger partial charge in [0, 0.05) is 18.7 Å². The quantitative estimate of drug-likeness (QED) is 0.755. The van der Waals surface area contributed by atoms with Gasteiger partial charge in [0.1, 0.15) is 5.76 Å². The van der Waals surface area contributed by atoms with E-state index in [-0.39, 0.29) is 24.2 Å². The topological polar surface area (TPSA) is 72.6 Å². The molecule has 6 nitrogen and oxygen atoms in total. The normalized spacial score (nSPS) is 17.0. The maximum atomic E-state index is 12.8. The van der Waals surface area contributed by atoms with Crippen LogP contribution in [-0.4, -0.2) is 41.5 Å². The lowest BCUT2D eigenvalue weighted by atomic mass is 9.98. The van der Waals surface area contributed by atoms with Crippen LogP contribution in [0.1, 0.15) is 36.8 Å². The lowest BCUT2D eigenvalue weighted by Crippen LogP contribution is -2.43. The summed E-state index contributed by atoms with van der Waals surface area (Å²) in [6.45, 7) is 7.07. The first-order chi connectivity index (χ1) is 13.0. The van der Waals surface area contributed by atoms with Crippen molar-refractivity contribution in [1.29, 1.82) is 0 Å². The Bertz CT molecular complexity index is 827. The summed E-state index contributed by atoms with van der Waals surface area (Å²) in [4.78, 5) is 31.0. The van der Waals surface area contributed by atoms with E-state index in [0.29, 0.717) is 37.0 Å². The minimum absolute atomic E-state index is 0.0308. The van der Waals surface area contributed by atoms with E-state index in [2.05, 4.69) is 4.98 Å². The van der Waals surface area contributed by atoms with E-state index in [0.717, 1.165) is 24.0 Å². The molecule has 2 aromatic rings. The van der Waals surface area contributed by atoms with Crippen molar-refractivity contribution >= 4 is 11.9 Å². The molecule has 0 aliphatic carbocycles. The summed E-state index contributed by atoms with van der Waals surface area (Å²) in [6, 6.07) is 7.87. The van der Waals surface area contributed by atoms with Crippen LogP contribution in [0.5, 0.6) is 0 Å². The van der Waals surface area contributed by atoms with Crippen LogP contribution in [0.25, 0.3) is 11.5 Å². The van der Waals surface area contributed by atoms with Gasteiger partial charge in [-0.25, -0.2) is 4.98 Å². The minimum atomic E-state index is -0.233. The summed E-state index contributed by atoms with van der Waals surface area (Å²) in [6.07, 6.45) is 1.75. The van der Waals surface area contributed by atoms with Gasteiger partial charge in [-0.15, -0.1) is 0 Å². The third kappa shape index (κ3) is 4.38. The maximum Gasteiger partial charge on any atom is 0.310 e. The number of hydrogen-bond donors (Lipinski definition) is 0. The molecule has 1 atom stereocenters. The molecule has 27 heavy (non-hydrogen) atoms. The molecule has 1 aliphatic heterocycles. The molecular weight excluding hydrogens is 344 g/mol. The molecule has 0 saturated carbocycles. The number of carbonyl (C=O) groups is 2. The lowest BCUT2D eigenvalue weighted by Gasteiger charge is -2.31. The van der Waals surface area contributed by atoms with Crippen LogP contribution in [0.15, 0.2) is 28.7 Å². The molecule has 3 rings (SSSR count). The van der Waals surface area contributed by atoms with E-state index in [4.69, 9.17) is 9.15 Å². The Labute approximate surface area is 159 Å². The molecular formula is C21H26N2O4. The van der Waals surface area contributed by atoms with Crippen LogP contribution in [-0.2, 0) is 20.7 Å². The molecule has 1 amide bonds. The minimum Gasteiger partial charge on any atom is -0.466 e. The van der Waals surface area contributed by atoms with Gasteiger partial charge >= 0.3 is 5.97 Å². The van der Waals surface area contributed by atoms with Gasteiger partial charge in [0.2, 0.25) is 11.8 Å². The summed E-state index contributed by atoms with van der Waals surface area (Å²) in [5, 5.41) is 0. The molecule has 144 valence electrons. The first-order valence-corrected chi connectivity index (χ1v) is 9.46. The summed E-state index contributed by atoms with van der Waals surface area (Å²) in [5.74, 6) is 0.715. The van der Waals surface area contributed by atoms with Crippen molar-refractivity contribution in [2.45, 2.75) is 40.0 Å². The van der Waals surface area contributed by atoms with Gasteiger partial charge in [-0.3, -0.25) is 9.59 Å². The van der Waals surface area contributed by atoms with Crippen molar-refractivity contribution in [3.63, 3.8) is 0 Å². The molecule has 1 aromatic heterocycles. The average Bonchev–Trinajstić information content (AvgIpc) is 3.02. The number of benzene rings is 1. The highest BCUT2D eigenvalue weighted by Crippen LogP contribution is 2.25. The Morgan fingerprint density at radius 1 is 1.30 bits per heavy atom. The SMILES string of the molecule is CCOC(=O)C1CCCN(C(=O)Cc2nc(-c3ccccc3C)oc2C)C1. The van der Waals surface area contributed by atoms with E-state index < -0.39 is 0 Å². The number of ether oxygens (including phenoxy) is 1. The van der Waals surface area contributed by atoms with E-state index in [1.807, 2.05) is 38.1 Å². The van der Waals surface area contributed by atoms with E-state index >= 15 is 0 Å². The summed E-state index contributed by atoms with van der Waals surface area (Å²) in [7, 11) is 0. The molecule has 1 saturated heterocycles. The number of likely N-dealkylation sites (tertiary alicyclic amines) is 1. The predicted octanol–water partition coefficient (Wildman–Crippen LogP) is 3.30. The fourth-order valence-electron chi connectivity index (χ4n) is 3.43. The number of nitrogens with zero attached hydrogens (tertiary/aromatic N) is 2. The Morgan fingerprint density at radius 3 is 2.81 bits per heavy atom. The molecule has 1 aromatic carbocycles. The third-order valence-electron chi connectivity index (χ3n) is 4.98. The number of carbonyl (C=O) groups excluding carboxylic acids is 2. The highest BCUT2D eigenvalue weighted by molar-refractivity contribution is 5.80. The molecule has 0 N–H and O–H groups in total. The molecule has 0 radical (unpaired) electrons. The zero-order valence-electron chi connectivity index (χ0n) is 16.2. The average molecular weight is 370 g/mol. The van der Waals surface area contributed by atoms with Gasteiger partial charge in [0.15, 0.2) is 0 Å². The van der Waals surface area contributed by atoms with Gasteiger partial charge in [0.25, 0.3) is 0 Å². The highest BCUT2D eigenvalue weighted by Gasteiger charge is 2.30. The second kappa shape index (κ2) is 8.37. The number of aryl methyl sites for hydroxylation is 2. The largest absolute Gasteiger partial charge is 0.466 e. The number of oxazole rings is 1. The number of piperidine rings is 1. The van der Waals surface area contributed by atoms with Crippen LogP contribution in [0, 0.1) is 19.8 Å². The molecule has 1 aliphatic rings. The van der Waals surface area contributed by atoms with Crippen LogP contribution in [0.4, 0.5) is 0 Å². The Morgan fingerprint density at radius 2 is 2.07 bits per heavy atom. The summed E-state index contributed by atoms with van der Waals surface area (Å²) in [5.41, 5.74) is 2.65. The van der Waals surface area contributed by atoms with Crippen LogP contribution in [0.2, 0.25) is 0 Å². The Kier molecular flexibility index (Phi) is 5.94. The Balaban J connectivity index is 1.69. The van der Waals surface area contributed by atoms with Gasteiger partial charge in [-0.1, -0.05) is 18.2 Å². The molecule has 6 heteroatoms. The monoisotopic (exact) mass is 370 g/mol. The van der Waals surface area contributed by atoms with Gasteiger partial charge in [-0.05, 0) is 45.2 Å². The van der Waals surface area contributed by atoms with Crippen molar-refractivity contribution in [1.82, 2.24) is 9.88 Å². The highest BCUT2D eigenvalue weighted by atomic mass is 16.5. The van der Waals surface area contributed by atoms with Crippen molar-refractivity contribution < 1.29 is 18.7 Å². The van der Waals surface area contributed by atoms with Crippen LogP contribution < -0.4 is 0 Å². The van der Waals surface area contributed by atoms with Gasteiger partial charge in [-0.2, -0.15) is 0 Å². The van der Waals surface area contributed by atoms with Crippen LogP contribution >= 0.6 is 0 Å². The predicted molar refractivity (Wildman–Crippen MR) is 101 cm³/mol. The van der Waals surface area contributed by atoms with E-state index in [1.165, 1.54) is 0 Å². The smallest absolute Gasteiger partial charge is 0.310 e. The summed E-state index contributed by atoms with van der Waals surface area (Å²) < 4.78 is 10.9. The molecule has 1 unspecified atom stereocenters. The zero-order valence-corrected chi connectivity index (χ0v) is 16.2. The van der Waals surface area contributed by atoms with Gasteiger partial charge < -0.3 is 14.1 Å². The third-order valence-corrected chi connectivity index (χ3v) is 4.98. The molecule has 0 bridgehead atoms. The second-order valence-corrected chi connectivity index (χ2v) is 6.94. The van der Waals surface area contributed by atoms with Crippen LogP contribution in [0.3, 0.4) is 0 Å². The van der Waals surface area contributed by atoms with Crippen molar-refractivity contribution in [2.75, 3.05) is 19.7 Å². The Hall–Kier alpha value is -2.63. The standard InChI is InChI=1S/C21H26N2O4/c1-4-26-21(25)16-9-7-11-23(13-16)19(24)12-18-15(3)27-20(22-18)17-10-6-5-8-14(17)2/h5-6,8,10,16H,4,7,9,11-13H2,1-3H3. The fourth-order valence-corrected chi connectivity index (χ4v) is 3.43. The first-order valence-electron chi connectivity index (χ1n) is 9.46. The van der Waals surface area contributed by atoms with Crippen molar-refractivity contribution in [2.24, 2.45) is 5.92 Å². The van der Waals surface area contributed by atoms with Crippen molar-refractivity contribution in [3.05, 3.63) is 41.3 Å². The number of rotatable bonds is 5. The number of esters is 1. The number of amides is 1. The van der Waals surface area contributed by atoms with Gasteiger partial charge in [0.05, 0.1) is 24.6 Å². The molecule has 2 heterocycles. The van der Waals surface area contributed by atoms with Crippen molar-refractivity contribution in [3.8, 4) is 11.5 Å². The zero-order chi connectivity index (χ0) is 19.4. The maximum absolute atomic E-state index is 12.8. The van der Waals surface area contributed by atoms with E-state index in [9.17, 15) is 9.59 Å². The number of aromatic nitrogens is 1. The lowest BCUT2D eigenvalue weighted by molar-refractivity contribution is -0.151. The summed E-state index contributed by atoms with van der Waals surface area (Å²) >= 11 is 0. The molecule has 0 spiro atoms. The fraction of sp³-hybridized carbons (Fsp3) is 0.476.